The zero-order chi connectivity index (χ0) is 21.6. The number of hydrogen-bond acceptors (Lipinski definition) is 3. The number of ketones is 1. The summed E-state index contributed by atoms with van der Waals surface area (Å²) in [7, 11) is 0. The van der Waals surface area contributed by atoms with Crippen LogP contribution in [0.15, 0.2) is 18.2 Å². The Morgan fingerprint density at radius 3 is 2.84 bits per heavy atom. The highest BCUT2D eigenvalue weighted by atomic mass is 16.3. The summed E-state index contributed by atoms with van der Waals surface area (Å²) < 4.78 is 0. The first-order valence-corrected chi connectivity index (χ1v) is 13.1. The van der Waals surface area contributed by atoms with Crippen LogP contribution in [0.1, 0.15) is 89.2 Å². The van der Waals surface area contributed by atoms with Crippen LogP contribution in [0.5, 0.6) is 5.75 Å². The standard InChI is InChI=1S/C28H41NO2/c1-3-6-19(4-2)13-22-14-25-26-15-21-9-10-23(30)16-24(21)28(25,17-27(22)31)11-5-12-29(26)18-20-7-8-20/h9-10,16,19-20,22,25-26,30H,3-8,11-15,17-18H2,1-2H3/t19?,22-,25-,26+,28+/m0/s1. The van der Waals surface area contributed by atoms with Gasteiger partial charge in [0.05, 0.1) is 0 Å². The Morgan fingerprint density at radius 2 is 2.10 bits per heavy atom. The highest BCUT2D eigenvalue weighted by Crippen LogP contribution is 2.57. The molecule has 2 saturated carbocycles. The van der Waals surface area contributed by atoms with E-state index in [-0.39, 0.29) is 11.3 Å². The van der Waals surface area contributed by atoms with E-state index in [2.05, 4.69) is 24.8 Å². The van der Waals surface area contributed by atoms with E-state index in [9.17, 15) is 9.90 Å². The first kappa shape index (κ1) is 21.5. The minimum Gasteiger partial charge on any atom is -0.508 e. The molecule has 0 amide bonds. The molecule has 31 heavy (non-hydrogen) atoms. The Bertz CT molecular complexity index is 815. The zero-order valence-corrected chi connectivity index (χ0v) is 19.6. The average molecular weight is 424 g/mol. The number of rotatable bonds is 7. The maximum absolute atomic E-state index is 13.6. The van der Waals surface area contributed by atoms with E-state index in [0.29, 0.717) is 35.8 Å². The van der Waals surface area contributed by atoms with Crippen LogP contribution in [0, 0.1) is 23.7 Å². The van der Waals surface area contributed by atoms with Gasteiger partial charge in [0.1, 0.15) is 11.5 Å². The summed E-state index contributed by atoms with van der Waals surface area (Å²) in [6, 6.07) is 6.61. The second-order valence-corrected chi connectivity index (χ2v) is 11.3. The Kier molecular flexibility index (Phi) is 5.92. The largest absolute Gasteiger partial charge is 0.508 e. The minimum absolute atomic E-state index is 0.0463. The average Bonchev–Trinajstić information content (AvgIpc) is 3.58. The lowest BCUT2D eigenvalue weighted by Gasteiger charge is -2.54. The molecule has 0 spiro atoms. The van der Waals surface area contributed by atoms with Crippen molar-refractivity contribution in [2.24, 2.45) is 23.7 Å². The van der Waals surface area contributed by atoms with Crippen molar-refractivity contribution in [1.29, 1.82) is 0 Å². The molecule has 1 aromatic rings. The second kappa shape index (κ2) is 8.54. The molecule has 3 fully saturated rings. The number of aromatic hydroxyl groups is 1. The first-order valence-electron chi connectivity index (χ1n) is 13.1. The van der Waals surface area contributed by atoms with E-state index in [1.54, 1.807) is 0 Å². The van der Waals surface area contributed by atoms with Crippen LogP contribution in [0.3, 0.4) is 0 Å². The Labute approximate surface area is 188 Å². The van der Waals surface area contributed by atoms with Crippen LogP contribution in [0.4, 0.5) is 0 Å². The maximum atomic E-state index is 13.6. The van der Waals surface area contributed by atoms with Crippen molar-refractivity contribution in [3.8, 4) is 5.75 Å². The molecule has 0 radical (unpaired) electrons. The summed E-state index contributed by atoms with van der Waals surface area (Å²) >= 11 is 0. The summed E-state index contributed by atoms with van der Waals surface area (Å²) in [4.78, 5) is 16.4. The molecule has 3 aliphatic carbocycles. The number of carbonyl (C=O) groups is 1. The highest BCUT2D eigenvalue weighted by molar-refractivity contribution is 5.84. The van der Waals surface area contributed by atoms with Crippen LogP contribution in [0.2, 0.25) is 0 Å². The maximum Gasteiger partial charge on any atom is 0.136 e. The molecule has 1 aromatic carbocycles. The Hall–Kier alpha value is -1.35. The summed E-state index contributed by atoms with van der Waals surface area (Å²) in [5, 5.41) is 10.4. The van der Waals surface area contributed by atoms with Gasteiger partial charge in [-0.1, -0.05) is 39.2 Å². The molecule has 1 N–H and O–H groups in total. The third-order valence-electron chi connectivity index (χ3n) is 9.34. The minimum atomic E-state index is -0.0463. The number of hydrogen-bond donors (Lipinski definition) is 1. The van der Waals surface area contributed by atoms with Crippen molar-refractivity contribution < 1.29 is 9.90 Å². The van der Waals surface area contributed by atoms with E-state index >= 15 is 0 Å². The molecule has 5 rings (SSSR count). The van der Waals surface area contributed by atoms with E-state index in [1.165, 1.54) is 62.7 Å². The van der Waals surface area contributed by atoms with Crippen molar-refractivity contribution in [1.82, 2.24) is 4.90 Å². The third-order valence-corrected chi connectivity index (χ3v) is 9.34. The summed E-state index contributed by atoms with van der Waals surface area (Å²) in [6.45, 7) is 7.02. The lowest BCUT2D eigenvalue weighted by atomic mass is 9.52. The zero-order valence-electron chi connectivity index (χ0n) is 19.6. The molecule has 170 valence electrons. The molecular weight excluding hydrogens is 382 g/mol. The van der Waals surface area contributed by atoms with Gasteiger partial charge in [0, 0.05) is 30.3 Å². The molecule has 1 saturated heterocycles. The highest BCUT2D eigenvalue weighted by Gasteiger charge is 2.56. The van der Waals surface area contributed by atoms with Crippen LogP contribution >= 0.6 is 0 Å². The molecule has 1 aliphatic heterocycles. The van der Waals surface area contributed by atoms with E-state index in [4.69, 9.17) is 0 Å². The number of phenols is 1. The number of fused-ring (bicyclic) bond motifs is 1. The molecule has 2 bridgehead atoms. The van der Waals surface area contributed by atoms with Gasteiger partial charge in [-0.05, 0) is 92.5 Å². The first-order chi connectivity index (χ1) is 15.0. The molecule has 5 atom stereocenters. The van der Waals surface area contributed by atoms with Gasteiger partial charge >= 0.3 is 0 Å². The predicted octanol–water partition coefficient (Wildman–Crippen LogP) is 5.87. The summed E-state index contributed by atoms with van der Waals surface area (Å²) in [5.74, 6) is 3.28. The lowest BCUT2D eigenvalue weighted by molar-refractivity contribution is -0.131. The van der Waals surface area contributed by atoms with Crippen molar-refractivity contribution in [2.45, 2.75) is 95.9 Å². The number of benzene rings is 1. The van der Waals surface area contributed by atoms with Crippen molar-refractivity contribution in [3.05, 3.63) is 29.3 Å². The fourth-order valence-electron chi connectivity index (χ4n) is 7.58. The van der Waals surface area contributed by atoms with Gasteiger partial charge in [0.25, 0.3) is 0 Å². The van der Waals surface area contributed by atoms with Gasteiger partial charge in [-0.2, -0.15) is 0 Å². The topological polar surface area (TPSA) is 40.5 Å². The fourth-order valence-corrected chi connectivity index (χ4v) is 7.58. The van der Waals surface area contributed by atoms with E-state index in [1.807, 2.05) is 12.1 Å². The van der Waals surface area contributed by atoms with Gasteiger partial charge in [0.15, 0.2) is 0 Å². The van der Waals surface area contributed by atoms with Crippen LogP contribution in [-0.2, 0) is 16.6 Å². The van der Waals surface area contributed by atoms with Crippen molar-refractivity contribution in [3.63, 3.8) is 0 Å². The smallest absolute Gasteiger partial charge is 0.136 e. The van der Waals surface area contributed by atoms with Crippen LogP contribution in [-0.4, -0.2) is 34.9 Å². The molecular formula is C28H41NO2. The van der Waals surface area contributed by atoms with Gasteiger partial charge < -0.3 is 5.11 Å². The van der Waals surface area contributed by atoms with E-state index in [0.717, 1.165) is 31.6 Å². The second-order valence-electron chi connectivity index (χ2n) is 11.3. The van der Waals surface area contributed by atoms with E-state index < -0.39 is 0 Å². The van der Waals surface area contributed by atoms with Crippen LogP contribution in [0.25, 0.3) is 0 Å². The fraction of sp³-hybridized carbons (Fsp3) is 0.750. The monoisotopic (exact) mass is 423 g/mol. The third kappa shape index (κ3) is 3.96. The Balaban J connectivity index is 1.51. The van der Waals surface area contributed by atoms with Crippen LogP contribution < -0.4 is 0 Å². The molecule has 3 heteroatoms. The number of carbonyl (C=O) groups excluding carboxylic acids is 1. The molecule has 0 aromatic heterocycles. The quantitative estimate of drug-likeness (QED) is 0.596. The SMILES string of the molecule is CCCC(CC)C[C@H]1C[C@H]2[C@H]3Cc4ccc(O)cc4[C@@]2(CCCN3CC2CC2)CC1=O. The van der Waals surface area contributed by atoms with Crippen molar-refractivity contribution in [2.75, 3.05) is 13.1 Å². The molecule has 3 nitrogen and oxygen atoms in total. The van der Waals surface area contributed by atoms with Gasteiger partial charge in [-0.15, -0.1) is 0 Å². The van der Waals surface area contributed by atoms with Gasteiger partial charge in [-0.25, -0.2) is 0 Å². The van der Waals surface area contributed by atoms with Gasteiger partial charge in [0.2, 0.25) is 0 Å². The normalized spacial score (nSPS) is 34.0. The molecule has 4 aliphatic rings. The lowest BCUT2D eigenvalue weighted by Crippen LogP contribution is -2.56. The number of Topliss-reactive ketones (excluding diaryl/α,β-unsaturated/α-hetero) is 1. The summed E-state index contributed by atoms with van der Waals surface area (Å²) in [5.41, 5.74) is 2.66. The van der Waals surface area contributed by atoms with Crippen molar-refractivity contribution >= 4 is 5.78 Å². The number of phenolic OH excluding ortho intramolecular Hbond substituents is 1. The predicted molar refractivity (Wildman–Crippen MR) is 125 cm³/mol. The number of nitrogens with zero attached hydrogens (tertiary/aromatic N) is 1. The number of likely N-dealkylation sites (tertiary alicyclic amines) is 1. The molecule has 1 heterocycles. The summed E-state index contributed by atoms with van der Waals surface area (Å²) in [6.07, 6.45) is 12.7. The van der Waals surface area contributed by atoms with Gasteiger partial charge in [-0.3, -0.25) is 9.69 Å². The molecule has 1 unspecified atom stereocenters. The Morgan fingerprint density at radius 1 is 1.26 bits per heavy atom.